The number of benzene rings is 1. The molecule has 9 heteroatoms. The van der Waals surface area contributed by atoms with Crippen molar-refractivity contribution in [1.82, 2.24) is 4.98 Å². The van der Waals surface area contributed by atoms with Crippen molar-refractivity contribution in [3.8, 4) is 5.75 Å². The Morgan fingerprint density at radius 2 is 1.89 bits per heavy atom. The molecular weight excluding hydrogens is 292 g/mol. The van der Waals surface area contributed by atoms with Gasteiger partial charge in [0.2, 0.25) is 0 Å². The zero-order valence-electron chi connectivity index (χ0n) is 9.27. The predicted octanol–water partition coefficient (Wildman–Crippen LogP) is 1.35. The van der Waals surface area contributed by atoms with Crippen LogP contribution in [0.3, 0.4) is 0 Å². The van der Waals surface area contributed by atoms with Crippen molar-refractivity contribution in [3.63, 3.8) is 0 Å². The molecule has 0 amide bonds. The quantitative estimate of drug-likeness (QED) is 0.734. The molecule has 2 rings (SSSR count). The normalized spacial score (nSPS) is 11.2. The van der Waals surface area contributed by atoms with E-state index in [4.69, 9.17) is 10.2 Å². The summed E-state index contributed by atoms with van der Waals surface area (Å²) in [5.74, 6) is -1.42. The number of aromatic hydroxyl groups is 1. The number of nitrogens with zero attached hydrogens (tertiary/aromatic N) is 1. The van der Waals surface area contributed by atoms with E-state index in [2.05, 4.69) is 9.71 Å². The lowest BCUT2D eigenvalue weighted by molar-refractivity contribution is 0.0687. The molecule has 0 saturated carbocycles. The van der Waals surface area contributed by atoms with E-state index in [-0.39, 0.29) is 15.6 Å². The first-order valence-electron chi connectivity index (χ1n) is 4.89. The molecule has 1 aromatic carbocycles. The summed E-state index contributed by atoms with van der Waals surface area (Å²) >= 11 is 0.715. The summed E-state index contributed by atoms with van der Waals surface area (Å²) < 4.78 is 25.9. The van der Waals surface area contributed by atoms with Gasteiger partial charge < -0.3 is 10.2 Å². The molecule has 100 valence electrons. The summed E-state index contributed by atoms with van der Waals surface area (Å²) in [7, 11) is -4.01. The van der Waals surface area contributed by atoms with E-state index in [0.29, 0.717) is 11.3 Å². The van der Waals surface area contributed by atoms with E-state index < -0.39 is 21.7 Å². The first-order chi connectivity index (χ1) is 8.90. The Balaban J connectivity index is 2.35. The highest BCUT2D eigenvalue weighted by atomic mass is 32.2. The van der Waals surface area contributed by atoms with Crippen molar-refractivity contribution in [3.05, 3.63) is 35.5 Å². The lowest BCUT2D eigenvalue weighted by atomic mass is 10.3. The van der Waals surface area contributed by atoms with Crippen LogP contribution in [-0.4, -0.2) is 29.6 Å². The third-order valence-electron chi connectivity index (χ3n) is 2.10. The molecule has 1 aromatic heterocycles. The summed E-state index contributed by atoms with van der Waals surface area (Å²) in [5, 5.41) is 17.9. The highest BCUT2D eigenvalue weighted by molar-refractivity contribution is 7.94. The van der Waals surface area contributed by atoms with Gasteiger partial charge in [-0.15, -0.1) is 11.3 Å². The second kappa shape index (κ2) is 4.86. The van der Waals surface area contributed by atoms with Gasteiger partial charge in [0.25, 0.3) is 10.0 Å². The Hall–Kier alpha value is -2.13. The summed E-state index contributed by atoms with van der Waals surface area (Å²) in [6, 6.07) is 5.33. The number of sulfonamides is 1. The van der Waals surface area contributed by atoms with Gasteiger partial charge in [0, 0.05) is 5.69 Å². The van der Waals surface area contributed by atoms with E-state index in [1.807, 2.05) is 0 Å². The maximum atomic E-state index is 12.0. The molecule has 0 bridgehead atoms. The maximum absolute atomic E-state index is 12.0. The topological polar surface area (TPSA) is 117 Å². The molecule has 0 aliphatic heterocycles. The third-order valence-corrected chi connectivity index (χ3v) is 4.85. The number of thiazole rings is 1. The van der Waals surface area contributed by atoms with Crippen LogP contribution < -0.4 is 4.72 Å². The first-order valence-corrected chi connectivity index (χ1v) is 7.25. The molecule has 0 aliphatic carbocycles. The van der Waals surface area contributed by atoms with Gasteiger partial charge in [-0.2, -0.15) is 0 Å². The largest absolute Gasteiger partial charge is 0.508 e. The van der Waals surface area contributed by atoms with Crippen LogP contribution in [0.5, 0.6) is 5.75 Å². The number of phenolic OH excluding ortho intramolecular Hbond substituents is 1. The number of hydrogen-bond acceptors (Lipinski definition) is 6. The van der Waals surface area contributed by atoms with Crippen molar-refractivity contribution in [2.24, 2.45) is 0 Å². The lowest BCUT2D eigenvalue weighted by Gasteiger charge is -2.06. The monoisotopic (exact) mass is 300 g/mol. The van der Waals surface area contributed by atoms with Crippen LogP contribution in [0.1, 0.15) is 10.5 Å². The van der Waals surface area contributed by atoms with Gasteiger partial charge >= 0.3 is 5.97 Å². The van der Waals surface area contributed by atoms with Crippen LogP contribution in [-0.2, 0) is 10.0 Å². The number of hydrogen-bond donors (Lipinski definition) is 3. The third kappa shape index (κ3) is 2.83. The van der Waals surface area contributed by atoms with Crippen LogP contribution in [0.25, 0.3) is 0 Å². The number of phenols is 1. The first kappa shape index (κ1) is 13.3. The minimum Gasteiger partial charge on any atom is -0.508 e. The minimum atomic E-state index is -4.01. The van der Waals surface area contributed by atoms with Gasteiger partial charge in [0.1, 0.15) is 5.75 Å². The zero-order chi connectivity index (χ0) is 14.0. The highest BCUT2D eigenvalue weighted by Crippen LogP contribution is 2.24. The van der Waals surface area contributed by atoms with E-state index in [9.17, 15) is 13.2 Å². The van der Waals surface area contributed by atoms with E-state index in [0.717, 1.165) is 5.51 Å². The Morgan fingerprint density at radius 3 is 2.47 bits per heavy atom. The van der Waals surface area contributed by atoms with Crippen molar-refractivity contribution < 1.29 is 23.4 Å². The molecule has 0 spiro atoms. The highest BCUT2D eigenvalue weighted by Gasteiger charge is 2.25. The number of aromatic carboxylic acids is 1. The Bertz CT molecular complexity index is 706. The van der Waals surface area contributed by atoms with Crippen molar-refractivity contribution in [2.75, 3.05) is 4.72 Å². The molecule has 0 aliphatic rings. The van der Waals surface area contributed by atoms with E-state index in [1.54, 1.807) is 0 Å². The number of carboxylic acid groups (broad SMARTS) is 1. The summed E-state index contributed by atoms with van der Waals surface area (Å²) in [5.41, 5.74) is 0.841. The summed E-state index contributed by atoms with van der Waals surface area (Å²) in [6.45, 7) is 0. The predicted molar refractivity (Wildman–Crippen MR) is 68.0 cm³/mol. The Labute approximate surface area is 112 Å². The van der Waals surface area contributed by atoms with Crippen molar-refractivity contribution >= 4 is 33.0 Å². The van der Waals surface area contributed by atoms with Gasteiger partial charge in [0.05, 0.1) is 5.51 Å². The fourth-order valence-corrected chi connectivity index (χ4v) is 3.50. The average Bonchev–Trinajstić information content (AvgIpc) is 2.82. The van der Waals surface area contributed by atoms with Crippen LogP contribution in [0.15, 0.2) is 34.0 Å². The molecule has 0 saturated heterocycles. The molecule has 0 unspecified atom stereocenters. The van der Waals surface area contributed by atoms with Crippen LogP contribution in [0, 0.1) is 0 Å². The number of nitrogens with one attached hydrogen (secondary N) is 1. The summed E-state index contributed by atoms with van der Waals surface area (Å²) in [4.78, 5) is 14.3. The zero-order valence-corrected chi connectivity index (χ0v) is 10.9. The number of anilines is 1. The molecular formula is C10H8N2O5S2. The molecule has 7 nitrogen and oxygen atoms in total. The van der Waals surface area contributed by atoms with Crippen molar-refractivity contribution in [1.29, 1.82) is 0 Å². The SMILES string of the molecule is O=C(O)c1ncsc1S(=O)(=O)Nc1ccc(O)cc1. The van der Waals surface area contributed by atoms with Gasteiger partial charge in [-0.05, 0) is 24.3 Å². The molecule has 3 N–H and O–H groups in total. The molecule has 19 heavy (non-hydrogen) atoms. The fourth-order valence-electron chi connectivity index (χ4n) is 1.30. The molecule has 1 heterocycles. The molecule has 2 aromatic rings. The molecule has 0 atom stereocenters. The minimum absolute atomic E-state index is 0.00744. The number of carboxylic acids is 1. The van der Waals surface area contributed by atoms with Crippen LogP contribution >= 0.6 is 11.3 Å². The number of aromatic nitrogens is 1. The number of rotatable bonds is 4. The maximum Gasteiger partial charge on any atom is 0.356 e. The lowest BCUT2D eigenvalue weighted by Crippen LogP contribution is -2.15. The summed E-state index contributed by atoms with van der Waals surface area (Å²) in [6.07, 6.45) is 0. The second-order valence-electron chi connectivity index (χ2n) is 3.45. The standard InChI is InChI=1S/C10H8N2O5S2/c13-7-3-1-6(2-4-7)12-19(16,17)10-8(9(14)15)11-5-18-10/h1-5,12-13H,(H,14,15). The molecule has 0 fully saturated rings. The van der Waals surface area contributed by atoms with E-state index >= 15 is 0 Å². The smallest absolute Gasteiger partial charge is 0.356 e. The van der Waals surface area contributed by atoms with Crippen LogP contribution in [0.4, 0.5) is 5.69 Å². The van der Waals surface area contributed by atoms with Crippen molar-refractivity contribution in [2.45, 2.75) is 4.21 Å². The van der Waals surface area contributed by atoms with Gasteiger partial charge in [0.15, 0.2) is 9.90 Å². The Kier molecular flexibility index (Phi) is 3.40. The fraction of sp³-hybridized carbons (Fsp3) is 0. The van der Waals surface area contributed by atoms with Crippen LogP contribution in [0.2, 0.25) is 0 Å². The van der Waals surface area contributed by atoms with Gasteiger partial charge in [-0.3, -0.25) is 4.72 Å². The van der Waals surface area contributed by atoms with E-state index in [1.165, 1.54) is 24.3 Å². The molecule has 0 radical (unpaired) electrons. The number of carbonyl (C=O) groups is 1. The van der Waals surface area contributed by atoms with Gasteiger partial charge in [-0.1, -0.05) is 0 Å². The average molecular weight is 300 g/mol. The second-order valence-corrected chi connectivity index (χ2v) is 6.18. The van der Waals surface area contributed by atoms with Gasteiger partial charge in [-0.25, -0.2) is 18.2 Å². The Morgan fingerprint density at radius 1 is 1.26 bits per heavy atom.